The van der Waals surface area contributed by atoms with Crippen molar-refractivity contribution in [2.45, 2.75) is 6.92 Å². The van der Waals surface area contributed by atoms with E-state index in [1.54, 1.807) is 0 Å². The molecule has 0 saturated heterocycles. The van der Waals surface area contributed by atoms with Crippen LogP contribution in [0.3, 0.4) is 0 Å². The number of aryl methyl sites for hydroxylation is 1. The van der Waals surface area contributed by atoms with Gasteiger partial charge in [0, 0.05) is 11.1 Å². The van der Waals surface area contributed by atoms with Gasteiger partial charge in [-0.3, -0.25) is 5.41 Å². The molecule has 0 atom stereocenters. The van der Waals surface area contributed by atoms with Crippen LogP contribution in [0.25, 0.3) is 0 Å². The maximum absolute atomic E-state index is 7.10. The van der Waals surface area contributed by atoms with E-state index in [4.69, 9.17) is 11.3 Å². The van der Waals surface area contributed by atoms with Gasteiger partial charge in [0.15, 0.2) is 0 Å². The second-order valence-corrected chi connectivity index (χ2v) is 2.41. The number of nitrogens with zero attached hydrogens (tertiary/aromatic N) is 1. The third kappa shape index (κ3) is 0.626. The zero-order valence-corrected chi connectivity index (χ0v) is 5.33. The highest BCUT2D eigenvalue weighted by Crippen LogP contribution is 1.92. The van der Waals surface area contributed by atoms with Crippen LogP contribution in [-0.4, -0.2) is 4.68 Å². The number of aromatic nitrogens is 1. The lowest BCUT2D eigenvalue weighted by Gasteiger charge is -1.89. The minimum atomic E-state index is 0.391. The van der Waals surface area contributed by atoms with Gasteiger partial charge in [-0.25, -0.2) is 4.68 Å². The highest BCUT2D eigenvalue weighted by atomic mass is 32.1. The Morgan fingerprint density at radius 2 is 2.50 bits per heavy atom. The summed E-state index contributed by atoms with van der Waals surface area (Å²) in [5.41, 5.74) is 0.931. The van der Waals surface area contributed by atoms with E-state index >= 15 is 0 Å². The Morgan fingerprint density at radius 1 is 1.88 bits per heavy atom. The fraction of sp³-hybridized carbons (Fsp3) is 0.250. The predicted octanol–water partition coefficient (Wildman–Crippen LogP) is 0.0513. The van der Waals surface area contributed by atoms with Crippen LogP contribution in [0.5, 0.6) is 0 Å². The van der Waals surface area contributed by atoms with Crippen molar-refractivity contribution in [3.8, 4) is 0 Å². The van der Waals surface area contributed by atoms with E-state index in [2.05, 4.69) is 0 Å². The molecular formula is C4H7N3S. The van der Waals surface area contributed by atoms with Gasteiger partial charge >= 0.3 is 0 Å². The Kier molecular flexibility index (Phi) is 1.09. The van der Waals surface area contributed by atoms with Gasteiger partial charge in [0.25, 0.3) is 0 Å². The molecule has 0 aliphatic heterocycles. The SMILES string of the molecule is Cc1csc(=N)n1N. The first kappa shape index (κ1) is 5.37. The van der Waals surface area contributed by atoms with Crippen molar-refractivity contribution in [1.29, 1.82) is 5.41 Å². The molecule has 44 valence electrons. The summed E-state index contributed by atoms with van der Waals surface area (Å²) in [6.45, 7) is 1.87. The fourth-order valence-corrected chi connectivity index (χ4v) is 1.07. The zero-order valence-electron chi connectivity index (χ0n) is 4.51. The second kappa shape index (κ2) is 1.63. The second-order valence-electron chi connectivity index (χ2n) is 1.55. The molecule has 0 aromatic carbocycles. The summed E-state index contributed by atoms with van der Waals surface area (Å²) >= 11 is 1.34. The van der Waals surface area contributed by atoms with Gasteiger partial charge in [0.2, 0.25) is 4.80 Å². The van der Waals surface area contributed by atoms with Crippen molar-refractivity contribution in [2.75, 3.05) is 5.84 Å². The number of hydrogen-bond donors (Lipinski definition) is 2. The Hall–Kier alpha value is -0.770. The Morgan fingerprint density at radius 3 is 2.62 bits per heavy atom. The number of nitrogens with one attached hydrogen (secondary N) is 1. The highest BCUT2D eigenvalue weighted by molar-refractivity contribution is 7.07. The summed E-state index contributed by atoms with van der Waals surface area (Å²) < 4.78 is 1.35. The Labute approximate surface area is 50.9 Å². The van der Waals surface area contributed by atoms with Crippen LogP contribution >= 0.6 is 11.3 Å². The van der Waals surface area contributed by atoms with E-state index in [1.807, 2.05) is 12.3 Å². The van der Waals surface area contributed by atoms with Crippen molar-refractivity contribution < 1.29 is 0 Å². The first-order valence-electron chi connectivity index (χ1n) is 2.18. The molecule has 3 N–H and O–H groups in total. The molecular weight excluding hydrogens is 122 g/mol. The van der Waals surface area contributed by atoms with E-state index in [-0.39, 0.29) is 0 Å². The van der Waals surface area contributed by atoms with Crippen LogP contribution in [-0.2, 0) is 0 Å². The molecule has 1 heterocycles. The van der Waals surface area contributed by atoms with Crippen molar-refractivity contribution in [1.82, 2.24) is 4.68 Å². The molecule has 0 bridgehead atoms. The molecule has 1 aromatic heterocycles. The monoisotopic (exact) mass is 129 g/mol. The molecule has 1 aromatic rings. The molecule has 0 radical (unpaired) electrons. The number of rotatable bonds is 0. The zero-order chi connectivity index (χ0) is 6.15. The number of nitrogen functional groups attached to an aromatic ring is 1. The lowest BCUT2D eigenvalue weighted by atomic mass is 10.6. The minimum absolute atomic E-state index is 0.391. The smallest absolute Gasteiger partial charge is 0.200 e. The number of hydrogen-bond acceptors (Lipinski definition) is 3. The molecule has 0 fully saturated rings. The normalized spacial score (nSPS) is 9.62. The Bertz CT molecular complexity index is 234. The average molecular weight is 129 g/mol. The van der Waals surface area contributed by atoms with Crippen LogP contribution in [0.1, 0.15) is 5.69 Å². The minimum Gasteiger partial charge on any atom is -0.337 e. The van der Waals surface area contributed by atoms with E-state index in [0.29, 0.717) is 4.80 Å². The van der Waals surface area contributed by atoms with Gasteiger partial charge in [-0.05, 0) is 6.92 Å². The lowest BCUT2D eigenvalue weighted by Crippen LogP contribution is -2.22. The standard InChI is InChI=1S/C4H7N3S/c1-3-2-8-4(5)7(3)6/h2,5H,6H2,1H3. The van der Waals surface area contributed by atoms with Crippen LogP contribution in [0.15, 0.2) is 5.38 Å². The fourth-order valence-electron chi connectivity index (χ4n) is 0.415. The third-order valence-corrected chi connectivity index (χ3v) is 1.82. The molecule has 8 heavy (non-hydrogen) atoms. The van der Waals surface area contributed by atoms with Gasteiger partial charge in [-0.1, -0.05) is 0 Å². The summed E-state index contributed by atoms with van der Waals surface area (Å²) in [6, 6.07) is 0. The summed E-state index contributed by atoms with van der Waals surface area (Å²) in [4.78, 5) is 0.391. The van der Waals surface area contributed by atoms with Crippen LogP contribution in [0, 0.1) is 12.3 Å². The van der Waals surface area contributed by atoms with Gasteiger partial charge in [0.05, 0.1) is 0 Å². The lowest BCUT2D eigenvalue weighted by molar-refractivity contribution is 0.887. The van der Waals surface area contributed by atoms with Crippen molar-refractivity contribution in [3.05, 3.63) is 15.9 Å². The van der Waals surface area contributed by atoms with E-state index in [1.165, 1.54) is 16.0 Å². The van der Waals surface area contributed by atoms with Crippen molar-refractivity contribution in [2.24, 2.45) is 0 Å². The molecule has 0 unspecified atom stereocenters. The molecule has 0 aliphatic carbocycles. The predicted molar refractivity (Wildman–Crippen MR) is 33.1 cm³/mol. The molecule has 0 amide bonds. The van der Waals surface area contributed by atoms with Gasteiger partial charge in [-0.2, -0.15) is 0 Å². The highest BCUT2D eigenvalue weighted by Gasteiger charge is 1.90. The molecule has 0 saturated carbocycles. The largest absolute Gasteiger partial charge is 0.337 e. The molecule has 3 nitrogen and oxygen atoms in total. The molecule has 0 spiro atoms. The summed E-state index contributed by atoms with van der Waals surface area (Å²) in [7, 11) is 0. The molecule has 1 rings (SSSR count). The quantitative estimate of drug-likeness (QED) is 0.478. The van der Waals surface area contributed by atoms with Crippen LogP contribution in [0.4, 0.5) is 0 Å². The molecule has 0 aliphatic rings. The summed E-state index contributed by atoms with van der Waals surface area (Å²) in [6.07, 6.45) is 0. The number of thiazole rings is 1. The van der Waals surface area contributed by atoms with Gasteiger partial charge in [0.1, 0.15) is 0 Å². The van der Waals surface area contributed by atoms with Crippen molar-refractivity contribution >= 4 is 11.3 Å². The van der Waals surface area contributed by atoms with Crippen LogP contribution < -0.4 is 10.6 Å². The maximum Gasteiger partial charge on any atom is 0.200 e. The first-order valence-corrected chi connectivity index (χ1v) is 3.06. The Balaban J connectivity index is 3.41. The van der Waals surface area contributed by atoms with Crippen molar-refractivity contribution in [3.63, 3.8) is 0 Å². The average Bonchev–Trinajstić information content (AvgIpc) is 1.98. The van der Waals surface area contributed by atoms with Gasteiger partial charge < -0.3 is 5.84 Å². The summed E-state index contributed by atoms with van der Waals surface area (Å²) in [5, 5.41) is 8.95. The first-order chi connectivity index (χ1) is 3.72. The van der Waals surface area contributed by atoms with E-state index < -0.39 is 0 Å². The van der Waals surface area contributed by atoms with Crippen LogP contribution in [0.2, 0.25) is 0 Å². The van der Waals surface area contributed by atoms with E-state index in [9.17, 15) is 0 Å². The maximum atomic E-state index is 7.10. The third-order valence-electron chi connectivity index (χ3n) is 0.940. The topological polar surface area (TPSA) is 54.8 Å². The van der Waals surface area contributed by atoms with E-state index in [0.717, 1.165) is 5.69 Å². The molecule has 4 heteroatoms. The summed E-state index contributed by atoms with van der Waals surface area (Å²) in [5.74, 6) is 5.34. The number of nitrogens with two attached hydrogens (primary N) is 1. The van der Waals surface area contributed by atoms with Gasteiger partial charge in [-0.15, -0.1) is 11.3 Å².